The van der Waals surface area contributed by atoms with Crippen molar-refractivity contribution in [3.63, 3.8) is 0 Å². The van der Waals surface area contributed by atoms with Gasteiger partial charge in [-0.2, -0.15) is 0 Å². The lowest BCUT2D eigenvalue weighted by Crippen LogP contribution is -2.52. The van der Waals surface area contributed by atoms with Crippen LogP contribution in [0.15, 0.2) is 16.5 Å². The molecule has 8 heteroatoms. The lowest BCUT2D eigenvalue weighted by molar-refractivity contribution is -0.123. The van der Waals surface area contributed by atoms with E-state index in [9.17, 15) is 14.4 Å². The molecule has 2 heterocycles. The summed E-state index contributed by atoms with van der Waals surface area (Å²) in [6.07, 6.45) is 0. The van der Waals surface area contributed by atoms with Gasteiger partial charge in [0.25, 0.3) is 0 Å². The third kappa shape index (κ3) is 3.24. The second-order valence-electron chi connectivity index (χ2n) is 4.00. The molecule has 0 aromatic carbocycles. The van der Waals surface area contributed by atoms with Crippen molar-refractivity contribution >= 4 is 17.9 Å². The highest BCUT2D eigenvalue weighted by molar-refractivity contribution is 5.85. The fourth-order valence-corrected chi connectivity index (χ4v) is 1.67. The van der Waals surface area contributed by atoms with Gasteiger partial charge < -0.3 is 25.1 Å². The van der Waals surface area contributed by atoms with Crippen LogP contribution in [-0.2, 0) is 11.3 Å². The molecule has 1 saturated heterocycles. The smallest absolute Gasteiger partial charge is 0.371 e. The zero-order valence-electron chi connectivity index (χ0n) is 10.0. The summed E-state index contributed by atoms with van der Waals surface area (Å²) < 4.78 is 4.99. The number of furan rings is 1. The lowest BCUT2D eigenvalue weighted by Gasteiger charge is -2.26. The van der Waals surface area contributed by atoms with Crippen LogP contribution < -0.4 is 10.6 Å². The molecule has 0 bridgehead atoms. The maximum atomic E-state index is 11.7. The summed E-state index contributed by atoms with van der Waals surface area (Å²) in [6, 6.07) is 2.41. The molecule has 0 spiro atoms. The van der Waals surface area contributed by atoms with Gasteiger partial charge in [0.1, 0.15) is 12.3 Å². The van der Waals surface area contributed by atoms with E-state index < -0.39 is 5.97 Å². The Bertz CT molecular complexity index is 510. The number of aromatic carboxylic acids is 1. The van der Waals surface area contributed by atoms with Crippen molar-refractivity contribution in [3.8, 4) is 0 Å². The lowest BCUT2D eigenvalue weighted by atomic mass is 10.3. The fraction of sp³-hybridized carbons (Fsp3) is 0.364. The standard InChI is InChI=1S/C11H13N3O5/c15-9-6-14(4-3-12-9)11(18)13-5-7-1-2-8(19-7)10(16)17/h1-2H,3-6H2,(H,12,15)(H,13,18)(H,16,17). The van der Waals surface area contributed by atoms with Crippen molar-refractivity contribution in [1.82, 2.24) is 15.5 Å². The number of amides is 3. The number of rotatable bonds is 3. The molecular weight excluding hydrogens is 254 g/mol. The minimum Gasteiger partial charge on any atom is -0.475 e. The Kier molecular flexibility index (Phi) is 3.69. The van der Waals surface area contributed by atoms with E-state index in [1.807, 2.05) is 0 Å². The summed E-state index contributed by atoms with van der Waals surface area (Å²) in [7, 11) is 0. The minimum atomic E-state index is -1.16. The maximum Gasteiger partial charge on any atom is 0.371 e. The number of hydrogen-bond acceptors (Lipinski definition) is 4. The van der Waals surface area contributed by atoms with Gasteiger partial charge in [0.15, 0.2) is 0 Å². The van der Waals surface area contributed by atoms with Crippen LogP contribution in [0.2, 0.25) is 0 Å². The van der Waals surface area contributed by atoms with Crippen molar-refractivity contribution in [2.75, 3.05) is 19.6 Å². The van der Waals surface area contributed by atoms with Crippen molar-refractivity contribution < 1.29 is 23.9 Å². The number of nitrogens with one attached hydrogen (secondary N) is 2. The molecule has 1 fully saturated rings. The van der Waals surface area contributed by atoms with Gasteiger partial charge in [0.2, 0.25) is 11.7 Å². The number of carboxylic acid groups (broad SMARTS) is 1. The molecule has 19 heavy (non-hydrogen) atoms. The highest BCUT2D eigenvalue weighted by Crippen LogP contribution is 2.07. The van der Waals surface area contributed by atoms with Gasteiger partial charge >= 0.3 is 12.0 Å². The van der Waals surface area contributed by atoms with Crippen LogP contribution in [-0.4, -0.2) is 47.5 Å². The molecule has 102 valence electrons. The monoisotopic (exact) mass is 267 g/mol. The number of carbonyl (C=O) groups excluding carboxylic acids is 2. The van der Waals surface area contributed by atoms with Crippen molar-refractivity contribution in [2.45, 2.75) is 6.54 Å². The highest BCUT2D eigenvalue weighted by Gasteiger charge is 2.21. The average Bonchev–Trinajstić information content (AvgIpc) is 2.85. The summed E-state index contributed by atoms with van der Waals surface area (Å²) in [5, 5.41) is 13.8. The Hall–Kier alpha value is -2.51. The Morgan fingerprint density at radius 3 is 2.89 bits per heavy atom. The minimum absolute atomic E-state index is 0.0182. The first-order valence-corrected chi connectivity index (χ1v) is 5.68. The Labute approximate surface area is 108 Å². The van der Waals surface area contributed by atoms with E-state index in [-0.39, 0.29) is 30.8 Å². The van der Waals surface area contributed by atoms with Crippen LogP contribution in [0.3, 0.4) is 0 Å². The van der Waals surface area contributed by atoms with E-state index >= 15 is 0 Å². The van der Waals surface area contributed by atoms with E-state index in [0.717, 1.165) is 0 Å². The summed E-state index contributed by atoms with van der Waals surface area (Å²) in [6.45, 7) is 0.959. The SMILES string of the molecule is O=C1CN(C(=O)NCc2ccc(C(=O)O)o2)CCN1. The largest absolute Gasteiger partial charge is 0.475 e. The summed E-state index contributed by atoms with van der Waals surface area (Å²) >= 11 is 0. The highest BCUT2D eigenvalue weighted by atomic mass is 16.4. The predicted octanol–water partition coefficient (Wildman–Crippen LogP) is -0.381. The molecule has 2 rings (SSSR count). The molecular formula is C11H13N3O5. The number of hydrogen-bond donors (Lipinski definition) is 3. The van der Waals surface area contributed by atoms with Crippen LogP contribution in [0.5, 0.6) is 0 Å². The van der Waals surface area contributed by atoms with Gasteiger partial charge in [-0.05, 0) is 12.1 Å². The molecule has 8 nitrogen and oxygen atoms in total. The van der Waals surface area contributed by atoms with Crippen LogP contribution >= 0.6 is 0 Å². The zero-order valence-corrected chi connectivity index (χ0v) is 10.0. The quantitative estimate of drug-likeness (QED) is 0.691. The molecule has 3 N–H and O–H groups in total. The first-order valence-electron chi connectivity index (χ1n) is 5.68. The van der Waals surface area contributed by atoms with Gasteiger partial charge in [-0.1, -0.05) is 0 Å². The summed E-state index contributed by atoms with van der Waals surface area (Å²) in [4.78, 5) is 34.8. The van der Waals surface area contributed by atoms with Crippen molar-refractivity contribution in [2.24, 2.45) is 0 Å². The second kappa shape index (κ2) is 5.42. The van der Waals surface area contributed by atoms with E-state index in [2.05, 4.69) is 10.6 Å². The van der Waals surface area contributed by atoms with E-state index in [1.54, 1.807) is 0 Å². The van der Waals surface area contributed by atoms with Gasteiger partial charge in [-0.25, -0.2) is 9.59 Å². The number of carbonyl (C=O) groups is 3. The van der Waals surface area contributed by atoms with E-state index in [1.165, 1.54) is 17.0 Å². The third-order valence-corrected chi connectivity index (χ3v) is 2.61. The topological polar surface area (TPSA) is 112 Å². The van der Waals surface area contributed by atoms with Crippen LogP contribution in [0.25, 0.3) is 0 Å². The van der Waals surface area contributed by atoms with Gasteiger partial charge in [0, 0.05) is 13.1 Å². The van der Waals surface area contributed by atoms with Crippen molar-refractivity contribution in [3.05, 3.63) is 23.7 Å². The summed E-state index contributed by atoms with van der Waals surface area (Å²) in [5.41, 5.74) is 0. The van der Waals surface area contributed by atoms with Gasteiger partial charge in [0.05, 0.1) is 6.54 Å². The average molecular weight is 267 g/mol. The number of urea groups is 1. The predicted molar refractivity (Wildman–Crippen MR) is 62.5 cm³/mol. The normalized spacial score (nSPS) is 14.9. The Balaban J connectivity index is 1.85. The number of piperazine rings is 1. The molecule has 3 amide bonds. The van der Waals surface area contributed by atoms with E-state index in [0.29, 0.717) is 18.8 Å². The summed E-state index contributed by atoms with van der Waals surface area (Å²) in [5.74, 6) is -1.20. The first-order chi connectivity index (χ1) is 9.06. The molecule has 0 radical (unpaired) electrons. The van der Waals surface area contributed by atoms with E-state index in [4.69, 9.17) is 9.52 Å². The molecule has 1 aliphatic rings. The molecule has 1 aromatic rings. The molecule has 0 aliphatic carbocycles. The van der Waals surface area contributed by atoms with Crippen LogP contribution in [0, 0.1) is 0 Å². The van der Waals surface area contributed by atoms with Crippen LogP contribution in [0.1, 0.15) is 16.3 Å². The molecule has 1 aliphatic heterocycles. The molecule has 0 unspecified atom stereocenters. The van der Waals surface area contributed by atoms with Gasteiger partial charge in [-0.3, -0.25) is 4.79 Å². The van der Waals surface area contributed by atoms with Crippen LogP contribution in [0.4, 0.5) is 4.79 Å². The second-order valence-corrected chi connectivity index (χ2v) is 4.00. The third-order valence-electron chi connectivity index (χ3n) is 2.61. The first kappa shape index (κ1) is 12.9. The molecule has 0 saturated carbocycles. The zero-order chi connectivity index (χ0) is 13.8. The molecule has 0 atom stereocenters. The van der Waals surface area contributed by atoms with Crippen molar-refractivity contribution in [1.29, 1.82) is 0 Å². The Morgan fingerprint density at radius 1 is 1.47 bits per heavy atom. The number of nitrogens with zero attached hydrogens (tertiary/aromatic N) is 1. The maximum absolute atomic E-state index is 11.7. The molecule has 1 aromatic heterocycles. The fourth-order valence-electron chi connectivity index (χ4n) is 1.67. The van der Waals surface area contributed by atoms with Gasteiger partial charge in [-0.15, -0.1) is 0 Å². The number of carboxylic acids is 1. The Morgan fingerprint density at radius 2 is 2.26 bits per heavy atom.